The molecule has 0 saturated carbocycles. The number of allylic oxidation sites excluding steroid dienone is 12. The second kappa shape index (κ2) is 14.9. The highest BCUT2D eigenvalue weighted by molar-refractivity contribution is 8.04. The lowest BCUT2D eigenvalue weighted by molar-refractivity contribution is 0.450. The van der Waals surface area contributed by atoms with Crippen molar-refractivity contribution < 1.29 is 0 Å². The summed E-state index contributed by atoms with van der Waals surface area (Å²) in [5.41, 5.74) is 13.5. The number of nitrogens with zero attached hydrogens (tertiary/aromatic N) is 3. The van der Waals surface area contributed by atoms with Crippen LogP contribution < -0.4 is 10.6 Å². The molecule has 4 aliphatic heterocycles. The van der Waals surface area contributed by atoms with Gasteiger partial charge in [0.05, 0.1) is 5.70 Å². The van der Waals surface area contributed by atoms with Crippen molar-refractivity contribution in [2.75, 3.05) is 6.54 Å². The van der Waals surface area contributed by atoms with Gasteiger partial charge in [-0.2, -0.15) is 0 Å². The molecule has 0 radical (unpaired) electrons. The maximum absolute atomic E-state index is 5.55. The fraction of sp³-hybridized carbons (Fsp3) is 0.440. The smallest absolute Gasteiger partial charge is 0.149 e. The fourth-order valence-corrected chi connectivity index (χ4v) is 13.0. The van der Waals surface area contributed by atoms with Gasteiger partial charge < -0.3 is 15.5 Å². The number of benzene rings is 1. The van der Waals surface area contributed by atoms with Gasteiger partial charge in [-0.05, 0) is 125 Å². The van der Waals surface area contributed by atoms with E-state index >= 15 is 0 Å². The number of rotatable bonds is 6. The first kappa shape index (κ1) is 34.9. The number of hydrogen-bond donors (Lipinski definition) is 2. The van der Waals surface area contributed by atoms with E-state index in [1.54, 1.807) is 33.1 Å². The Balaban J connectivity index is 0.965. The lowest BCUT2D eigenvalue weighted by Crippen LogP contribution is -2.44. The molecule has 286 valence electrons. The number of aliphatic imine (C=N–C) groups is 2. The van der Waals surface area contributed by atoms with Gasteiger partial charge in [-0.25, -0.2) is 9.98 Å². The molecule has 0 fully saturated rings. The van der Waals surface area contributed by atoms with Crippen LogP contribution in [-0.4, -0.2) is 34.5 Å². The van der Waals surface area contributed by atoms with Gasteiger partial charge >= 0.3 is 0 Å². The molecule has 4 heterocycles. The normalized spacial score (nSPS) is 33.4. The van der Waals surface area contributed by atoms with Crippen molar-refractivity contribution in [3.8, 4) is 0 Å². The molecule has 11 rings (SSSR count). The molecule has 1 aromatic rings. The minimum absolute atomic E-state index is 0.178. The quantitative estimate of drug-likeness (QED) is 0.284. The zero-order chi connectivity index (χ0) is 37.0. The highest BCUT2D eigenvalue weighted by Gasteiger charge is 2.48. The summed E-state index contributed by atoms with van der Waals surface area (Å²) in [4.78, 5) is 15.2. The zero-order valence-electron chi connectivity index (χ0n) is 32.6. The number of hydrogen-bond acceptors (Lipinski definition) is 6. The van der Waals surface area contributed by atoms with Crippen LogP contribution in [0.1, 0.15) is 95.5 Å². The van der Waals surface area contributed by atoms with Gasteiger partial charge in [0.2, 0.25) is 0 Å². The molecule has 6 heteroatoms. The van der Waals surface area contributed by atoms with Crippen molar-refractivity contribution in [2.45, 2.75) is 101 Å². The van der Waals surface area contributed by atoms with Crippen LogP contribution in [0, 0.1) is 29.6 Å². The first-order chi connectivity index (χ1) is 27.8. The van der Waals surface area contributed by atoms with Gasteiger partial charge in [-0.1, -0.05) is 91.1 Å². The van der Waals surface area contributed by atoms with E-state index in [2.05, 4.69) is 124 Å². The lowest BCUT2D eigenvalue weighted by atomic mass is 9.74. The maximum Gasteiger partial charge on any atom is 0.149 e. The van der Waals surface area contributed by atoms with E-state index < -0.39 is 0 Å². The average molecular weight is 758 g/mol. The number of thioether (sulfide) groups is 1. The Kier molecular flexibility index (Phi) is 9.29. The molecular weight excluding hydrogens is 703 g/mol. The van der Waals surface area contributed by atoms with Gasteiger partial charge in [0.25, 0.3) is 0 Å². The van der Waals surface area contributed by atoms with Crippen LogP contribution >= 0.6 is 11.8 Å². The summed E-state index contributed by atoms with van der Waals surface area (Å²) in [7, 11) is 0. The topological polar surface area (TPSA) is 52.0 Å². The third-order valence-electron chi connectivity index (χ3n) is 14.2. The van der Waals surface area contributed by atoms with Crippen molar-refractivity contribution in [1.82, 2.24) is 15.5 Å². The van der Waals surface area contributed by atoms with Crippen LogP contribution in [0.25, 0.3) is 0 Å². The van der Waals surface area contributed by atoms with Crippen molar-refractivity contribution in [3.63, 3.8) is 0 Å². The SMILES string of the molecule is C1=CC[C@@H]2C(=C1)N(C1=CCCCC1)C1=C2CCC2=C1SC1C=C[C@H](C3=C(C4N=C(C5CC=CCC5)N=C(c5ccccc5)N4)C=C(C4CC=CCC4)CN3)CC21. The van der Waals surface area contributed by atoms with Crippen LogP contribution in [0.4, 0.5) is 0 Å². The standard InChI is InChI=1S/C50H55N5S/c1-5-15-32(16-6-1)36-30-42(50-53-48(33-17-7-2-8-18-33)52-49(54-50)34-19-9-3-10-20-34)45(51-31-36)35-25-28-44-41(29-35)40-27-26-39-38-23-13-14-24-43(38)55(46(39)47(40)56-44)37-21-11-4-12-22-37/h1-3,5,7-9,13-14,17-18,21,24-25,28,30,32,34-35,38,41,44,50-51H,4,6,10-12,15-16,19-20,22-23,26-27,29,31H2,(H,52,53,54)/t32?,34?,35-,38-,41?,44?,50?/m0/s1. The molecule has 0 bridgehead atoms. The highest BCUT2D eigenvalue weighted by atomic mass is 32.2. The van der Waals surface area contributed by atoms with E-state index in [0.29, 0.717) is 34.8 Å². The van der Waals surface area contributed by atoms with E-state index in [0.717, 1.165) is 62.3 Å². The Bertz CT molecular complexity index is 2170. The van der Waals surface area contributed by atoms with Crippen LogP contribution in [0.15, 0.2) is 157 Å². The van der Waals surface area contributed by atoms with Crippen molar-refractivity contribution in [3.05, 3.63) is 153 Å². The van der Waals surface area contributed by atoms with Gasteiger partial charge in [0.15, 0.2) is 0 Å². The number of nitrogens with one attached hydrogen (secondary N) is 2. The van der Waals surface area contributed by atoms with E-state index in [1.807, 2.05) is 0 Å². The Morgan fingerprint density at radius 2 is 1.68 bits per heavy atom. The number of dihydropyridines is 1. The van der Waals surface area contributed by atoms with E-state index in [1.165, 1.54) is 68.2 Å². The van der Waals surface area contributed by atoms with E-state index in [4.69, 9.17) is 9.98 Å². The molecule has 5 unspecified atom stereocenters. The Morgan fingerprint density at radius 3 is 2.50 bits per heavy atom. The Morgan fingerprint density at radius 1 is 0.821 bits per heavy atom. The molecule has 10 aliphatic rings. The highest BCUT2D eigenvalue weighted by Crippen LogP contribution is 2.61. The van der Waals surface area contributed by atoms with Crippen molar-refractivity contribution in [2.24, 2.45) is 39.6 Å². The maximum atomic E-state index is 5.55. The monoisotopic (exact) mass is 757 g/mol. The van der Waals surface area contributed by atoms with Gasteiger partial charge in [0, 0.05) is 62.7 Å². The van der Waals surface area contributed by atoms with E-state index in [9.17, 15) is 0 Å². The number of amidine groups is 2. The van der Waals surface area contributed by atoms with Gasteiger partial charge in [0.1, 0.15) is 17.8 Å². The summed E-state index contributed by atoms with van der Waals surface area (Å²) in [6.45, 7) is 0.930. The fourth-order valence-electron chi connectivity index (χ4n) is 11.4. The zero-order valence-corrected chi connectivity index (χ0v) is 33.5. The summed E-state index contributed by atoms with van der Waals surface area (Å²) >= 11 is 2.19. The molecule has 0 amide bonds. The summed E-state index contributed by atoms with van der Waals surface area (Å²) in [5.74, 6) is 4.35. The molecule has 6 aliphatic carbocycles. The molecular formula is C50H55N5S. The Hall–Kier alpha value is -4.29. The summed E-state index contributed by atoms with van der Waals surface area (Å²) in [6, 6.07) is 10.7. The molecule has 56 heavy (non-hydrogen) atoms. The minimum Gasteiger partial charge on any atom is -0.384 e. The second-order valence-corrected chi connectivity index (χ2v) is 18.7. The van der Waals surface area contributed by atoms with Crippen LogP contribution in [0.2, 0.25) is 0 Å². The van der Waals surface area contributed by atoms with E-state index in [-0.39, 0.29) is 6.17 Å². The summed E-state index contributed by atoms with van der Waals surface area (Å²) in [5, 5.41) is 8.54. The predicted octanol–water partition coefficient (Wildman–Crippen LogP) is 11.1. The summed E-state index contributed by atoms with van der Waals surface area (Å²) < 4.78 is 0. The predicted molar refractivity (Wildman–Crippen MR) is 233 cm³/mol. The Labute approximate surface area is 337 Å². The van der Waals surface area contributed by atoms with Crippen molar-refractivity contribution in [1.29, 1.82) is 0 Å². The molecule has 1 aromatic carbocycles. The average Bonchev–Trinajstić information content (AvgIpc) is 3.83. The molecule has 7 atom stereocenters. The lowest BCUT2D eigenvalue weighted by Gasteiger charge is -2.37. The second-order valence-electron chi connectivity index (χ2n) is 17.5. The number of fused-ring (bicyclic) bond motifs is 5. The van der Waals surface area contributed by atoms with Crippen molar-refractivity contribution >= 4 is 23.4 Å². The minimum atomic E-state index is -0.178. The molecule has 5 nitrogen and oxygen atoms in total. The third-order valence-corrected chi connectivity index (χ3v) is 15.7. The third kappa shape index (κ3) is 6.22. The largest absolute Gasteiger partial charge is 0.384 e. The molecule has 0 spiro atoms. The molecule has 0 saturated heterocycles. The first-order valence-electron chi connectivity index (χ1n) is 21.9. The van der Waals surface area contributed by atoms with Crippen LogP contribution in [0.3, 0.4) is 0 Å². The van der Waals surface area contributed by atoms with Gasteiger partial charge in [-0.3, -0.25) is 0 Å². The molecule has 0 aromatic heterocycles. The first-order valence-corrected chi connectivity index (χ1v) is 22.8. The molecule has 2 N–H and O–H groups in total. The summed E-state index contributed by atoms with van der Waals surface area (Å²) in [6.07, 6.45) is 43.2. The van der Waals surface area contributed by atoms with Gasteiger partial charge in [-0.15, -0.1) is 11.8 Å². The van der Waals surface area contributed by atoms with Crippen LogP contribution in [-0.2, 0) is 0 Å². The van der Waals surface area contributed by atoms with Crippen LogP contribution in [0.5, 0.6) is 0 Å².